The molecular formula is C16H28N2O5. The number of carboxylic acids is 1. The highest BCUT2D eigenvalue weighted by Gasteiger charge is 2.50. The standard InChI is InChI=1S/C16H28N2O5/c1-5-10(6-2)14(18-9(4)20)13-12(17-8(3)19)7-11(15(13)21)16(22)23/h10-15,21H,5-7H2,1-4H3,(H,17,19)(H,18,20)(H,22,23)/t11-,12+,13+,14-,15+/m0/s1. The number of amides is 2. The van der Waals surface area contributed by atoms with E-state index in [1.54, 1.807) is 0 Å². The van der Waals surface area contributed by atoms with Crippen molar-refractivity contribution in [3.05, 3.63) is 0 Å². The number of carbonyl (C=O) groups excluding carboxylic acids is 2. The first-order valence-corrected chi connectivity index (χ1v) is 8.17. The van der Waals surface area contributed by atoms with Gasteiger partial charge in [-0.1, -0.05) is 26.7 Å². The number of aliphatic hydroxyl groups excluding tert-OH is 1. The lowest BCUT2D eigenvalue weighted by molar-refractivity contribution is -0.145. The van der Waals surface area contributed by atoms with Gasteiger partial charge in [-0.2, -0.15) is 0 Å². The quantitative estimate of drug-likeness (QED) is 0.543. The van der Waals surface area contributed by atoms with Crippen LogP contribution in [0.25, 0.3) is 0 Å². The molecule has 7 nitrogen and oxygen atoms in total. The summed E-state index contributed by atoms with van der Waals surface area (Å²) in [6.07, 6.45) is 0.628. The number of aliphatic hydroxyl groups is 1. The molecule has 0 unspecified atom stereocenters. The second kappa shape index (κ2) is 8.29. The van der Waals surface area contributed by atoms with Crippen molar-refractivity contribution in [1.82, 2.24) is 10.6 Å². The Balaban J connectivity index is 3.17. The van der Waals surface area contributed by atoms with Crippen molar-refractivity contribution in [3.63, 3.8) is 0 Å². The van der Waals surface area contributed by atoms with E-state index in [9.17, 15) is 24.6 Å². The highest BCUT2D eigenvalue weighted by atomic mass is 16.4. The topological polar surface area (TPSA) is 116 Å². The molecule has 0 radical (unpaired) electrons. The summed E-state index contributed by atoms with van der Waals surface area (Å²) in [7, 11) is 0. The maximum absolute atomic E-state index is 11.6. The molecule has 1 aliphatic rings. The maximum atomic E-state index is 11.6. The molecular weight excluding hydrogens is 300 g/mol. The van der Waals surface area contributed by atoms with E-state index in [1.165, 1.54) is 13.8 Å². The molecule has 0 aliphatic heterocycles. The summed E-state index contributed by atoms with van der Waals surface area (Å²) in [5, 5.41) is 25.5. The van der Waals surface area contributed by atoms with Gasteiger partial charge < -0.3 is 20.8 Å². The van der Waals surface area contributed by atoms with Crippen LogP contribution in [0, 0.1) is 17.8 Å². The van der Waals surface area contributed by atoms with Gasteiger partial charge in [-0.15, -0.1) is 0 Å². The minimum absolute atomic E-state index is 0.0994. The fraction of sp³-hybridized carbons (Fsp3) is 0.812. The van der Waals surface area contributed by atoms with E-state index in [-0.39, 0.29) is 30.2 Å². The molecule has 7 heteroatoms. The number of carboxylic acid groups (broad SMARTS) is 1. The molecule has 1 rings (SSSR count). The molecule has 0 bridgehead atoms. The second-order valence-corrected chi connectivity index (χ2v) is 6.36. The van der Waals surface area contributed by atoms with Crippen LogP contribution in [0.1, 0.15) is 47.0 Å². The lowest BCUT2D eigenvalue weighted by Gasteiger charge is -2.36. The zero-order valence-electron chi connectivity index (χ0n) is 14.2. The van der Waals surface area contributed by atoms with E-state index < -0.39 is 30.0 Å². The predicted molar refractivity (Wildman–Crippen MR) is 84.5 cm³/mol. The van der Waals surface area contributed by atoms with Gasteiger partial charge in [0, 0.05) is 31.8 Å². The van der Waals surface area contributed by atoms with Gasteiger partial charge in [-0.05, 0) is 12.3 Å². The van der Waals surface area contributed by atoms with Gasteiger partial charge in [-0.3, -0.25) is 14.4 Å². The summed E-state index contributed by atoms with van der Waals surface area (Å²) in [5.74, 6) is -2.95. The monoisotopic (exact) mass is 328 g/mol. The van der Waals surface area contributed by atoms with Crippen molar-refractivity contribution < 1.29 is 24.6 Å². The van der Waals surface area contributed by atoms with Crippen LogP contribution in [0.2, 0.25) is 0 Å². The smallest absolute Gasteiger partial charge is 0.309 e. The number of rotatable bonds is 7. The van der Waals surface area contributed by atoms with Gasteiger partial charge >= 0.3 is 5.97 Å². The van der Waals surface area contributed by atoms with E-state index in [1.807, 2.05) is 13.8 Å². The molecule has 1 fully saturated rings. The SMILES string of the molecule is CCC(CC)[C@H](NC(C)=O)[C@@H]1[C@H](O)[C@@H](C(=O)O)C[C@H]1NC(C)=O. The van der Waals surface area contributed by atoms with Crippen molar-refractivity contribution in [2.45, 2.75) is 65.1 Å². The number of carbonyl (C=O) groups is 3. The first-order valence-electron chi connectivity index (χ1n) is 8.17. The molecule has 0 spiro atoms. The van der Waals surface area contributed by atoms with Crippen LogP contribution in [-0.2, 0) is 14.4 Å². The van der Waals surface area contributed by atoms with Crippen LogP contribution in [0.5, 0.6) is 0 Å². The lowest BCUT2D eigenvalue weighted by Crippen LogP contribution is -2.54. The molecule has 0 saturated heterocycles. The van der Waals surface area contributed by atoms with E-state index in [4.69, 9.17) is 0 Å². The molecule has 0 aromatic rings. The average Bonchev–Trinajstić information content (AvgIpc) is 2.74. The maximum Gasteiger partial charge on any atom is 0.309 e. The van der Waals surface area contributed by atoms with Crippen LogP contribution >= 0.6 is 0 Å². The Morgan fingerprint density at radius 3 is 2.09 bits per heavy atom. The average molecular weight is 328 g/mol. The second-order valence-electron chi connectivity index (χ2n) is 6.36. The molecule has 4 N–H and O–H groups in total. The highest BCUT2D eigenvalue weighted by Crippen LogP contribution is 2.37. The Labute approximate surface area is 136 Å². The molecule has 0 aromatic heterocycles. The van der Waals surface area contributed by atoms with Crippen molar-refractivity contribution in [3.8, 4) is 0 Å². The van der Waals surface area contributed by atoms with E-state index in [0.29, 0.717) is 0 Å². The number of hydrogen-bond donors (Lipinski definition) is 4. The summed E-state index contributed by atoms with van der Waals surface area (Å²) < 4.78 is 0. The van der Waals surface area contributed by atoms with Crippen LogP contribution < -0.4 is 10.6 Å². The van der Waals surface area contributed by atoms with Gasteiger partial charge in [0.1, 0.15) is 0 Å². The Morgan fingerprint density at radius 1 is 1.13 bits per heavy atom. The van der Waals surface area contributed by atoms with Crippen LogP contribution in [0.15, 0.2) is 0 Å². The van der Waals surface area contributed by atoms with Gasteiger partial charge in [0.15, 0.2) is 0 Å². The van der Waals surface area contributed by atoms with Crippen molar-refractivity contribution in [1.29, 1.82) is 0 Å². The third-order valence-corrected chi connectivity index (χ3v) is 4.83. The van der Waals surface area contributed by atoms with Crippen molar-refractivity contribution >= 4 is 17.8 Å². The Kier molecular flexibility index (Phi) is 7.00. The fourth-order valence-electron chi connectivity index (χ4n) is 3.76. The minimum atomic E-state index is -1.11. The van der Waals surface area contributed by atoms with E-state index in [2.05, 4.69) is 10.6 Å². The normalized spacial score (nSPS) is 28.4. The molecule has 1 saturated carbocycles. The molecule has 5 atom stereocenters. The zero-order valence-corrected chi connectivity index (χ0v) is 14.2. The molecule has 1 aliphatic carbocycles. The molecule has 132 valence electrons. The summed E-state index contributed by atoms with van der Waals surface area (Å²) in [5.41, 5.74) is 0. The predicted octanol–water partition coefficient (Wildman–Crippen LogP) is 0.514. The van der Waals surface area contributed by atoms with Crippen LogP contribution in [0.3, 0.4) is 0 Å². The van der Waals surface area contributed by atoms with Gasteiger partial charge in [0.2, 0.25) is 11.8 Å². The summed E-state index contributed by atoms with van der Waals surface area (Å²) in [6, 6.07) is -0.847. The summed E-state index contributed by atoms with van der Waals surface area (Å²) in [4.78, 5) is 34.4. The molecule has 23 heavy (non-hydrogen) atoms. The van der Waals surface area contributed by atoms with Crippen molar-refractivity contribution in [2.24, 2.45) is 17.8 Å². The number of hydrogen-bond acceptors (Lipinski definition) is 4. The van der Waals surface area contributed by atoms with Crippen LogP contribution in [-0.4, -0.2) is 46.2 Å². The number of nitrogens with one attached hydrogen (secondary N) is 2. The molecule has 0 heterocycles. The first kappa shape index (κ1) is 19.4. The highest BCUT2D eigenvalue weighted by molar-refractivity contribution is 5.75. The van der Waals surface area contributed by atoms with E-state index in [0.717, 1.165) is 12.8 Å². The van der Waals surface area contributed by atoms with Crippen LogP contribution in [0.4, 0.5) is 0 Å². The fourth-order valence-corrected chi connectivity index (χ4v) is 3.76. The minimum Gasteiger partial charge on any atom is -0.481 e. The third kappa shape index (κ3) is 4.67. The Morgan fingerprint density at radius 2 is 1.70 bits per heavy atom. The van der Waals surface area contributed by atoms with Gasteiger partial charge in [0.25, 0.3) is 0 Å². The van der Waals surface area contributed by atoms with Gasteiger partial charge in [-0.25, -0.2) is 0 Å². The summed E-state index contributed by atoms with van der Waals surface area (Å²) in [6.45, 7) is 6.75. The zero-order chi connectivity index (χ0) is 17.7. The first-order chi connectivity index (χ1) is 10.7. The lowest BCUT2D eigenvalue weighted by atomic mass is 9.80. The van der Waals surface area contributed by atoms with Gasteiger partial charge in [0.05, 0.1) is 12.0 Å². The largest absolute Gasteiger partial charge is 0.481 e. The van der Waals surface area contributed by atoms with E-state index >= 15 is 0 Å². The Bertz CT molecular complexity index is 450. The summed E-state index contributed by atoms with van der Waals surface area (Å²) >= 11 is 0. The van der Waals surface area contributed by atoms with Crippen molar-refractivity contribution in [2.75, 3.05) is 0 Å². The number of aliphatic carboxylic acids is 1. The molecule has 2 amide bonds. The Hall–Kier alpha value is -1.63. The molecule has 0 aromatic carbocycles. The third-order valence-electron chi connectivity index (χ3n) is 4.83.